The van der Waals surface area contributed by atoms with E-state index in [4.69, 9.17) is 4.74 Å². The van der Waals surface area contributed by atoms with Gasteiger partial charge in [-0.15, -0.1) is 0 Å². The van der Waals surface area contributed by atoms with Crippen LogP contribution in [-0.2, 0) is 15.7 Å². The van der Waals surface area contributed by atoms with Gasteiger partial charge < -0.3 is 15.0 Å². The van der Waals surface area contributed by atoms with Crippen LogP contribution in [0.3, 0.4) is 0 Å². The van der Waals surface area contributed by atoms with Crippen molar-refractivity contribution in [2.75, 3.05) is 25.6 Å². The molecule has 1 saturated heterocycles. The van der Waals surface area contributed by atoms with Crippen molar-refractivity contribution >= 4 is 34.2 Å². The zero-order valence-electron chi connectivity index (χ0n) is 19.8. The van der Waals surface area contributed by atoms with Gasteiger partial charge in [0.15, 0.2) is 10.8 Å². The molecule has 1 atom stereocenters. The molecular formula is C23H27F3N4O4S. The summed E-state index contributed by atoms with van der Waals surface area (Å²) in [6.45, 7) is 5.51. The molecule has 1 aromatic carbocycles. The van der Waals surface area contributed by atoms with Crippen LogP contribution in [0, 0.1) is 6.92 Å². The summed E-state index contributed by atoms with van der Waals surface area (Å²) < 4.78 is 46.0. The highest BCUT2D eigenvalue weighted by Gasteiger charge is 2.41. The number of carbonyl (C=O) groups excluding carboxylic acids is 3. The van der Waals surface area contributed by atoms with Crippen LogP contribution in [0.4, 0.5) is 23.1 Å². The second-order valence-electron chi connectivity index (χ2n) is 8.84. The number of ether oxygens (including phenoxy) is 1. The third kappa shape index (κ3) is 6.17. The van der Waals surface area contributed by atoms with Crippen molar-refractivity contribution in [3.63, 3.8) is 0 Å². The molecule has 3 amide bonds. The maximum absolute atomic E-state index is 13.6. The molecule has 1 aliphatic rings. The van der Waals surface area contributed by atoms with Crippen molar-refractivity contribution < 1.29 is 32.3 Å². The first-order chi connectivity index (χ1) is 16.3. The number of hydrogen-bond acceptors (Lipinski definition) is 6. The molecule has 0 saturated carbocycles. The lowest BCUT2D eigenvalue weighted by atomic mass is 10.1. The van der Waals surface area contributed by atoms with Crippen molar-refractivity contribution in [1.82, 2.24) is 15.2 Å². The van der Waals surface area contributed by atoms with E-state index in [1.807, 2.05) is 0 Å². The first-order valence-electron chi connectivity index (χ1n) is 10.9. The number of methoxy groups -OCH3 is 1. The lowest BCUT2D eigenvalue weighted by molar-refractivity contribution is -0.141. The molecule has 12 heteroatoms. The molecule has 1 aromatic heterocycles. The number of likely N-dealkylation sites (tertiary alicyclic amines) is 1. The molecule has 0 radical (unpaired) electrons. The van der Waals surface area contributed by atoms with Crippen molar-refractivity contribution in [3.05, 3.63) is 46.0 Å². The SMILES string of the molecule is COC[C@H]1CCCN1C(=O)NC(C)(C)C(=O)Nc1nc(C(F)(F)F)c(C(=O)c2ccc(C)cc2)s1. The van der Waals surface area contributed by atoms with Crippen LogP contribution in [0.25, 0.3) is 0 Å². The topological polar surface area (TPSA) is 101 Å². The van der Waals surface area contributed by atoms with E-state index in [2.05, 4.69) is 15.6 Å². The summed E-state index contributed by atoms with van der Waals surface area (Å²) in [5.41, 5.74) is -1.92. The Kier molecular flexibility index (Phi) is 7.85. The maximum Gasteiger partial charge on any atom is 0.435 e. The number of aromatic nitrogens is 1. The summed E-state index contributed by atoms with van der Waals surface area (Å²) in [6, 6.07) is 5.50. The van der Waals surface area contributed by atoms with Crippen LogP contribution >= 0.6 is 11.3 Å². The first kappa shape index (κ1) is 26.6. The van der Waals surface area contributed by atoms with Gasteiger partial charge in [-0.3, -0.25) is 14.9 Å². The number of hydrogen-bond donors (Lipinski definition) is 2. The van der Waals surface area contributed by atoms with Gasteiger partial charge in [0.05, 0.1) is 12.6 Å². The summed E-state index contributed by atoms with van der Waals surface area (Å²) in [4.78, 5) is 42.8. The van der Waals surface area contributed by atoms with Gasteiger partial charge in [0.25, 0.3) is 5.91 Å². The Labute approximate surface area is 204 Å². The monoisotopic (exact) mass is 512 g/mol. The van der Waals surface area contributed by atoms with Gasteiger partial charge in [0.1, 0.15) is 10.4 Å². The van der Waals surface area contributed by atoms with E-state index in [0.717, 1.165) is 18.4 Å². The highest BCUT2D eigenvalue weighted by atomic mass is 32.1. The highest BCUT2D eigenvalue weighted by Crippen LogP contribution is 2.37. The average Bonchev–Trinajstić information content (AvgIpc) is 3.41. The Hall–Kier alpha value is -2.99. The Balaban J connectivity index is 1.78. The number of benzene rings is 1. The summed E-state index contributed by atoms with van der Waals surface area (Å²) in [6.07, 6.45) is -3.33. The minimum atomic E-state index is -4.90. The van der Waals surface area contributed by atoms with E-state index in [1.54, 1.807) is 24.0 Å². The summed E-state index contributed by atoms with van der Waals surface area (Å²) in [5, 5.41) is 4.55. The Bertz CT molecular complexity index is 1100. The smallest absolute Gasteiger partial charge is 0.383 e. The molecule has 2 aromatic rings. The lowest BCUT2D eigenvalue weighted by Crippen LogP contribution is -2.57. The molecule has 0 bridgehead atoms. The van der Waals surface area contributed by atoms with Crippen LogP contribution in [0.5, 0.6) is 0 Å². The largest absolute Gasteiger partial charge is 0.435 e. The molecule has 190 valence electrons. The van der Waals surface area contributed by atoms with E-state index < -0.39 is 45.1 Å². The maximum atomic E-state index is 13.6. The van der Waals surface area contributed by atoms with E-state index in [1.165, 1.54) is 33.1 Å². The number of urea groups is 1. The third-order valence-electron chi connectivity index (χ3n) is 5.62. The lowest BCUT2D eigenvalue weighted by Gasteiger charge is -2.30. The van der Waals surface area contributed by atoms with Gasteiger partial charge in [-0.25, -0.2) is 9.78 Å². The fourth-order valence-electron chi connectivity index (χ4n) is 3.67. The number of ketones is 1. The molecule has 0 aliphatic carbocycles. The number of amides is 3. The van der Waals surface area contributed by atoms with Gasteiger partial charge in [-0.2, -0.15) is 13.2 Å². The van der Waals surface area contributed by atoms with Crippen molar-refractivity contribution in [2.24, 2.45) is 0 Å². The normalized spacial score (nSPS) is 16.3. The third-order valence-corrected chi connectivity index (χ3v) is 6.59. The molecule has 2 N–H and O–H groups in total. The van der Waals surface area contributed by atoms with Crippen LogP contribution in [0.2, 0.25) is 0 Å². The highest BCUT2D eigenvalue weighted by molar-refractivity contribution is 7.18. The number of nitrogens with one attached hydrogen (secondary N) is 2. The van der Waals surface area contributed by atoms with Crippen molar-refractivity contribution in [1.29, 1.82) is 0 Å². The second kappa shape index (κ2) is 10.3. The number of aryl methyl sites for hydroxylation is 1. The molecular weight excluding hydrogens is 485 g/mol. The molecule has 3 rings (SSSR count). The number of carbonyl (C=O) groups is 3. The molecule has 1 aliphatic heterocycles. The van der Waals surface area contributed by atoms with Crippen LogP contribution < -0.4 is 10.6 Å². The molecule has 0 spiro atoms. The van der Waals surface area contributed by atoms with Gasteiger partial charge in [0.2, 0.25) is 5.78 Å². The zero-order chi connectivity index (χ0) is 26.0. The van der Waals surface area contributed by atoms with E-state index >= 15 is 0 Å². The van der Waals surface area contributed by atoms with E-state index in [0.29, 0.717) is 24.5 Å². The standard InChI is InChI=1S/C23H27F3N4O4S/c1-13-7-9-14(10-8-13)16(31)17-18(23(24,25)26)27-20(35-17)28-19(32)22(2,3)29-21(33)30-11-5-6-15(30)12-34-4/h7-10,15H,5-6,11-12H2,1-4H3,(H,29,33)(H,27,28,32)/t15-/m1/s1. The predicted molar refractivity (Wildman–Crippen MR) is 125 cm³/mol. The summed E-state index contributed by atoms with van der Waals surface area (Å²) in [5.74, 6) is -1.62. The molecule has 0 unspecified atom stereocenters. The fraction of sp³-hybridized carbons (Fsp3) is 0.478. The number of halogens is 3. The minimum absolute atomic E-state index is 0.0754. The first-order valence-corrected chi connectivity index (χ1v) is 11.7. The van der Waals surface area contributed by atoms with Crippen LogP contribution in [0.15, 0.2) is 24.3 Å². The Morgan fingerprint density at radius 2 is 1.86 bits per heavy atom. The van der Waals surface area contributed by atoms with Crippen molar-refractivity contribution in [3.8, 4) is 0 Å². The fourth-order valence-corrected chi connectivity index (χ4v) is 4.62. The zero-order valence-corrected chi connectivity index (χ0v) is 20.6. The van der Waals surface area contributed by atoms with Gasteiger partial charge in [0, 0.05) is 19.2 Å². The number of anilines is 1. The van der Waals surface area contributed by atoms with Crippen LogP contribution in [-0.4, -0.2) is 59.4 Å². The average molecular weight is 513 g/mol. The Morgan fingerprint density at radius 3 is 2.46 bits per heavy atom. The van der Waals surface area contributed by atoms with Crippen LogP contribution in [0.1, 0.15) is 53.2 Å². The van der Waals surface area contributed by atoms with Gasteiger partial charge >= 0.3 is 12.2 Å². The summed E-state index contributed by atoms with van der Waals surface area (Å²) in [7, 11) is 1.53. The number of thiazole rings is 1. The second-order valence-corrected chi connectivity index (χ2v) is 9.84. The summed E-state index contributed by atoms with van der Waals surface area (Å²) >= 11 is 0.437. The predicted octanol–water partition coefficient (Wildman–Crippen LogP) is 4.24. The van der Waals surface area contributed by atoms with Gasteiger partial charge in [-0.05, 0) is 33.6 Å². The molecule has 8 nitrogen and oxygen atoms in total. The molecule has 2 heterocycles. The number of nitrogens with zero attached hydrogens (tertiary/aromatic N) is 2. The number of alkyl halides is 3. The molecule has 35 heavy (non-hydrogen) atoms. The molecule has 1 fully saturated rings. The Morgan fingerprint density at radius 1 is 1.20 bits per heavy atom. The van der Waals surface area contributed by atoms with Crippen molar-refractivity contribution in [2.45, 2.75) is 51.4 Å². The van der Waals surface area contributed by atoms with Gasteiger partial charge in [-0.1, -0.05) is 41.2 Å². The quantitative estimate of drug-likeness (QED) is 0.541. The van der Waals surface area contributed by atoms with E-state index in [-0.39, 0.29) is 11.6 Å². The van der Waals surface area contributed by atoms with E-state index in [9.17, 15) is 27.6 Å². The minimum Gasteiger partial charge on any atom is -0.383 e. The number of rotatable bonds is 7.